The van der Waals surface area contributed by atoms with Crippen molar-refractivity contribution in [1.29, 1.82) is 0 Å². The molecule has 0 aromatic rings. The average molecular weight is 350 g/mol. The molecule has 0 bridgehead atoms. The molecule has 2 amide bonds. The van der Waals surface area contributed by atoms with Crippen LogP contribution in [0.25, 0.3) is 0 Å². The molecule has 128 valence electrons. The molecular weight excluding hydrogens is 322 g/mol. The predicted octanol–water partition coefficient (Wildman–Crippen LogP) is 1.57. The minimum Gasteiger partial charge on any atom is -0.341 e. The molecule has 1 atom stereocenters. The fraction of sp³-hybridized carbons (Fsp3) is 0.867. The van der Waals surface area contributed by atoms with Gasteiger partial charge in [-0.2, -0.15) is 0 Å². The van der Waals surface area contributed by atoms with Crippen molar-refractivity contribution in [3.8, 4) is 0 Å². The highest BCUT2D eigenvalue weighted by Gasteiger charge is 2.37. The summed E-state index contributed by atoms with van der Waals surface area (Å²) < 4.78 is 0. The molecule has 0 spiro atoms. The Bertz CT molecular complexity index is 376. The molecule has 1 N–H and O–H groups in total. The van der Waals surface area contributed by atoms with Crippen LogP contribution in [-0.2, 0) is 9.59 Å². The van der Waals surface area contributed by atoms with Crippen molar-refractivity contribution in [3.05, 3.63) is 0 Å². The first-order valence-corrected chi connectivity index (χ1v) is 9.13. The average Bonchev–Trinajstić information content (AvgIpc) is 3.01. The SMILES string of the molecule is CCC(=O)N1CSCC1C(=O)N1CCC(CCNC)CC1.Cl. The zero-order valence-corrected chi connectivity index (χ0v) is 15.2. The van der Waals surface area contributed by atoms with Crippen LogP contribution in [0.15, 0.2) is 0 Å². The third kappa shape index (κ3) is 4.77. The van der Waals surface area contributed by atoms with E-state index in [1.54, 1.807) is 16.7 Å². The van der Waals surface area contributed by atoms with Crippen LogP contribution >= 0.6 is 24.2 Å². The van der Waals surface area contributed by atoms with Crippen molar-refractivity contribution >= 4 is 36.0 Å². The molecule has 2 fully saturated rings. The summed E-state index contributed by atoms with van der Waals surface area (Å²) in [6.07, 6.45) is 3.86. The number of carbonyl (C=O) groups is 2. The second-order valence-corrected chi connectivity index (χ2v) is 6.89. The zero-order valence-electron chi connectivity index (χ0n) is 13.5. The van der Waals surface area contributed by atoms with Gasteiger partial charge in [0.2, 0.25) is 11.8 Å². The van der Waals surface area contributed by atoms with E-state index in [4.69, 9.17) is 0 Å². The van der Waals surface area contributed by atoms with Gasteiger partial charge >= 0.3 is 0 Å². The van der Waals surface area contributed by atoms with E-state index in [1.807, 2.05) is 18.9 Å². The normalized spacial score (nSPS) is 22.5. The molecule has 2 aliphatic heterocycles. The van der Waals surface area contributed by atoms with E-state index in [0.29, 0.717) is 12.3 Å². The smallest absolute Gasteiger partial charge is 0.246 e. The number of carbonyl (C=O) groups excluding carboxylic acids is 2. The Morgan fingerprint density at radius 2 is 1.95 bits per heavy atom. The van der Waals surface area contributed by atoms with E-state index in [1.165, 1.54) is 6.42 Å². The second-order valence-electron chi connectivity index (χ2n) is 5.89. The standard InChI is InChI=1S/C15H27N3O2S.ClH/c1-3-14(19)18-11-21-10-13(18)15(20)17-8-5-12(6-9-17)4-7-16-2;/h12-13,16H,3-11H2,1-2H3;1H. The number of thioether (sulfide) groups is 1. The molecule has 2 heterocycles. The Labute approximate surface area is 144 Å². The van der Waals surface area contributed by atoms with Gasteiger partial charge < -0.3 is 15.1 Å². The first kappa shape index (κ1) is 19.6. The molecule has 2 aliphatic rings. The lowest BCUT2D eigenvalue weighted by Gasteiger charge is -2.35. The predicted molar refractivity (Wildman–Crippen MR) is 93.3 cm³/mol. The maximum atomic E-state index is 12.7. The third-order valence-corrected chi connectivity index (χ3v) is 5.53. The minimum absolute atomic E-state index is 0. The van der Waals surface area contributed by atoms with Crippen LogP contribution in [-0.4, -0.2) is 66.0 Å². The Hall–Kier alpha value is -0.460. The molecule has 1 unspecified atom stereocenters. The Balaban J connectivity index is 0.00000242. The van der Waals surface area contributed by atoms with E-state index in [-0.39, 0.29) is 30.3 Å². The molecule has 22 heavy (non-hydrogen) atoms. The Morgan fingerprint density at radius 3 is 2.55 bits per heavy atom. The van der Waals surface area contributed by atoms with Gasteiger partial charge in [-0.3, -0.25) is 9.59 Å². The lowest BCUT2D eigenvalue weighted by atomic mass is 9.93. The van der Waals surface area contributed by atoms with Crippen LogP contribution in [0.5, 0.6) is 0 Å². The number of likely N-dealkylation sites (tertiary alicyclic amines) is 1. The molecule has 0 saturated carbocycles. The number of piperidine rings is 1. The maximum Gasteiger partial charge on any atom is 0.246 e. The first-order chi connectivity index (χ1) is 10.2. The Morgan fingerprint density at radius 1 is 1.27 bits per heavy atom. The van der Waals surface area contributed by atoms with Gasteiger partial charge in [-0.1, -0.05) is 6.92 Å². The molecule has 2 saturated heterocycles. The minimum atomic E-state index is -0.226. The summed E-state index contributed by atoms with van der Waals surface area (Å²) in [6.45, 7) is 4.61. The zero-order chi connectivity index (χ0) is 15.2. The van der Waals surface area contributed by atoms with Crippen molar-refractivity contribution in [2.45, 2.75) is 38.6 Å². The molecular formula is C15H28ClN3O2S. The van der Waals surface area contributed by atoms with Crippen LogP contribution in [0.3, 0.4) is 0 Å². The van der Waals surface area contributed by atoms with E-state index in [2.05, 4.69) is 5.32 Å². The van der Waals surface area contributed by atoms with Crippen LogP contribution in [0.4, 0.5) is 0 Å². The van der Waals surface area contributed by atoms with Crippen molar-refractivity contribution in [3.63, 3.8) is 0 Å². The summed E-state index contributed by atoms with van der Waals surface area (Å²) in [6, 6.07) is -0.226. The van der Waals surface area contributed by atoms with E-state index < -0.39 is 0 Å². The highest BCUT2D eigenvalue weighted by molar-refractivity contribution is 7.99. The molecule has 0 aliphatic carbocycles. The largest absolute Gasteiger partial charge is 0.341 e. The number of nitrogens with zero attached hydrogens (tertiary/aromatic N) is 2. The summed E-state index contributed by atoms with van der Waals surface area (Å²) in [4.78, 5) is 28.3. The fourth-order valence-corrected chi connectivity index (χ4v) is 4.27. The fourth-order valence-electron chi connectivity index (χ4n) is 3.10. The van der Waals surface area contributed by atoms with Gasteiger partial charge in [0.15, 0.2) is 0 Å². The molecule has 2 rings (SSSR count). The summed E-state index contributed by atoms with van der Waals surface area (Å²) in [5.41, 5.74) is 0. The molecule has 0 aromatic heterocycles. The van der Waals surface area contributed by atoms with Gasteiger partial charge in [0.25, 0.3) is 0 Å². The summed E-state index contributed by atoms with van der Waals surface area (Å²) in [7, 11) is 1.98. The molecule has 7 heteroatoms. The van der Waals surface area contributed by atoms with Crippen LogP contribution in [0.2, 0.25) is 0 Å². The van der Waals surface area contributed by atoms with Crippen LogP contribution in [0.1, 0.15) is 32.6 Å². The van der Waals surface area contributed by atoms with Gasteiger partial charge in [0, 0.05) is 25.3 Å². The number of amides is 2. The van der Waals surface area contributed by atoms with Crippen molar-refractivity contribution in [2.75, 3.05) is 38.3 Å². The topological polar surface area (TPSA) is 52.7 Å². The highest BCUT2D eigenvalue weighted by Crippen LogP contribution is 2.26. The highest BCUT2D eigenvalue weighted by atomic mass is 35.5. The molecule has 5 nitrogen and oxygen atoms in total. The van der Waals surface area contributed by atoms with Gasteiger partial charge in [-0.25, -0.2) is 0 Å². The van der Waals surface area contributed by atoms with Gasteiger partial charge in [0.05, 0.1) is 5.88 Å². The van der Waals surface area contributed by atoms with E-state index >= 15 is 0 Å². The number of nitrogens with one attached hydrogen (secondary N) is 1. The van der Waals surface area contributed by atoms with E-state index in [0.717, 1.165) is 44.1 Å². The number of halogens is 1. The number of hydrogen-bond acceptors (Lipinski definition) is 4. The summed E-state index contributed by atoms with van der Waals surface area (Å²) in [5.74, 6) is 2.41. The third-order valence-electron chi connectivity index (χ3n) is 4.52. The lowest BCUT2D eigenvalue weighted by Crippen LogP contribution is -2.51. The number of rotatable bonds is 5. The first-order valence-electron chi connectivity index (χ1n) is 7.98. The summed E-state index contributed by atoms with van der Waals surface area (Å²) in [5, 5.41) is 3.19. The summed E-state index contributed by atoms with van der Waals surface area (Å²) >= 11 is 1.69. The number of hydrogen-bond donors (Lipinski definition) is 1. The lowest BCUT2D eigenvalue weighted by molar-refractivity contribution is -0.144. The van der Waals surface area contributed by atoms with Crippen molar-refractivity contribution in [1.82, 2.24) is 15.1 Å². The second kappa shape index (κ2) is 9.63. The maximum absolute atomic E-state index is 12.7. The van der Waals surface area contributed by atoms with Gasteiger partial charge in [-0.15, -0.1) is 24.2 Å². The Kier molecular flexibility index (Phi) is 8.57. The van der Waals surface area contributed by atoms with Crippen molar-refractivity contribution < 1.29 is 9.59 Å². The monoisotopic (exact) mass is 349 g/mol. The molecule has 0 radical (unpaired) electrons. The van der Waals surface area contributed by atoms with Crippen molar-refractivity contribution in [2.24, 2.45) is 5.92 Å². The van der Waals surface area contributed by atoms with Crippen LogP contribution in [0, 0.1) is 5.92 Å². The quantitative estimate of drug-likeness (QED) is 0.818. The van der Waals surface area contributed by atoms with Gasteiger partial charge in [0.1, 0.15) is 6.04 Å². The van der Waals surface area contributed by atoms with Gasteiger partial charge in [-0.05, 0) is 38.8 Å². The van der Waals surface area contributed by atoms with E-state index in [9.17, 15) is 9.59 Å². The molecule has 0 aromatic carbocycles. The van der Waals surface area contributed by atoms with Crippen LogP contribution < -0.4 is 5.32 Å².